The predicted octanol–water partition coefficient (Wildman–Crippen LogP) is 1.52. The minimum Gasteiger partial charge on any atom is -0.466 e. The van der Waals surface area contributed by atoms with Crippen LogP contribution in [0.3, 0.4) is 0 Å². The molecular weight excluding hydrogens is 302 g/mol. The molecule has 0 unspecified atom stereocenters. The van der Waals surface area contributed by atoms with Crippen LogP contribution in [0.4, 0.5) is 0 Å². The summed E-state index contributed by atoms with van der Waals surface area (Å²) in [7, 11) is 0. The van der Waals surface area contributed by atoms with Gasteiger partial charge in [0.2, 0.25) is 0 Å². The highest BCUT2D eigenvalue weighted by Crippen LogP contribution is 2.02. The minimum atomic E-state index is -0.396. The van der Waals surface area contributed by atoms with Crippen molar-refractivity contribution < 1.29 is 14.3 Å². The third kappa shape index (κ3) is 4.44. The van der Waals surface area contributed by atoms with Gasteiger partial charge in [-0.2, -0.15) is 0 Å². The second-order valence-electron chi connectivity index (χ2n) is 3.63. The van der Waals surface area contributed by atoms with E-state index in [-0.39, 0.29) is 30.7 Å². The summed E-state index contributed by atoms with van der Waals surface area (Å²) >= 11 is 3.10. The zero-order valence-electron chi connectivity index (χ0n) is 10.0. The van der Waals surface area contributed by atoms with Gasteiger partial charge >= 0.3 is 5.97 Å². The number of ketones is 1. The first-order valence-corrected chi connectivity index (χ1v) is 6.36. The molecule has 0 radical (unpaired) electrons. The van der Waals surface area contributed by atoms with Crippen molar-refractivity contribution in [3.05, 3.63) is 33.2 Å². The average Bonchev–Trinajstić information content (AvgIpc) is 2.33. The number of Topliss-reactive ketones (excluding diaryl/α,β-unsaturated/α-hetero) is 1. The van der Waals surface area contributed by atoms with Gasteiger partial charge in [0.15, 0.2) is 5.78 Å². The zero-order valence-corrected chi connectivity index (χ0v) is 11.6. The third-order valence-corrected chi connectivity index (χ3v) is 2.84. The van der Waals surface area contributed by atoms with E-state index in [2.05, 4.69) is 15.9 Å². The fourth-order valence-corrected chi connectivity index (χ4v) is 1.76. The Balaban J connectivity index is 2.53. The topological polar surface area (TPSA) is 65.4 Å². The largest absolute Gasteiger partial charge is 0.466 e. The molecule has 1 heterocycles. The van der Waals surface area contributed by atoms with Crippen molar-refractivity contribution in [2.24, 2.45) is 0 Å². The van der Waals surface area contributed by atoms with Crippen molar-refractivity contribution in [2.75, 3.05) is 6.61 Å². The normalized spacial score (nSPS) is 10.1. The van der Waals surface area contributed by atoms with Gasteiger partial charge in [-0.05, 0) is 35.0 Å². The Morgan fingerprint density at radius 1 is 1.39 bits per heavy atom. The maximum atomic E-state index is 11.6. The van der Waals surface area contributed by atoms with Crippen LogP contribution in [0.5, 0.6) is 0 Å². The number of hydrogen-bond acceptors (Lipinski definition) is 4. The molecule has 0 aromatic carbocycles. The van der Waals surface area contributed by atoms with Crippen molar-refractivity contribution >= 4 is 27.7 Å². The SMILES string of the molecule is CCOC(=O)CCC(=O)Cn1cccc(Br)c1=O. The molecule has 98 valence electrons. The predicted molar refractivity (Wildman–Crippen MR) is 69.3 cm³/mol. The van der Waals surface area contributed by atoms with Crippen molar-refractivity contribution in [1.29, 1.82) is 0 Å². The highest BCUT2D eigenvalue weighted by atomic mass is 79.9. The molecule has 0 saturated carbocycles. The Morgan fingerprint density at radius 3 is 2.78 bits per heavy atom. The molecular formula is C12H14BrNO4. The summed E-state index contributed by atoms with van der Waals surface area (Å²) in [4.78, 5) is 34.3. The van der Waals surface area contributed by atoms with E-state index in [0.29, 0.717) is 11.1 Å². The molecule has 5 nitrogen and oxygen atoms in total. The molecule has 6 heteroatoms. The van der Waals surface area contributed by atoms with Crippen LogP contribution in [0, 0.1) is 0 Å². The minimum absolute atomic E-state index is 0.0301. The lowest BCUT2D eigenvalue weighted by Gasteiger charge is -2.05. The second kappa shape index (κ2) is 7.10. The fourth-order valence-electron chi connectivity index (χ4n) is 1.38. The molecule has 0 aliphatic carbocycles. The van der Waals surface area contributed by atoms with Gasteiger partial charge in [-0.3, -0.25) is 14.4 Å². The summed E-state index contributed by atoms with van der Waals surface area (Å²) in [6.45, 7) is 1.98. The Hall–Kier alpha value is -1.43. The van der Waals surface area contributed by atoms with Gasteiger partial charge in [0.05, 0.1) is 24.0 Å². The lowest BCUT2D eigenvalue weighted by Crippen LogP contribution is -2.24. The van der Waals surface area contributed by atoms with Gasteiger partial charge in [0.25, 0.3) is 5.56 Å². The van der Waals surface area contributed by atoms with Crippen LogP contribution < -0.4 is 5.56 Å². The first-order chi connectivity index (χ1) is 8.54. The number of esters is 1. The van der Waals surface area contributed by atoms with Crippen LogP contribution in [0.1, 0.15) is 19.8 Å². The highest BCUT2D eigenvalue weighted by Gasteiger charge is 2.09. The Bertz CT molecular complexity index is 495. The molecule has 0 atom stereocenters. The number of carbonyl (C=O) groups excluding carboxylic acids is 2. The molecule has 0 aliphatic heterocycles. The molecule has 1 aromatic rings. The Kier molecular flexibility index (Phi) is 5.77. The van der Waals surface area contributed by atoms with E-state index in [4.69, 9.17) is 4.74 Å². The average molecular weight is 316 g/mol. The van der Waals surface area contributed by atoms with Gasteiger partial charge in [0, 0.05) is 12.6 Å². The van der Waals surface area contributed by atoms with E-state index in [9.17, 15) is 14.4 Å². The smallest absolute Gasteiger partial charge is 0.306 e. The van der Waals surface area contributed by atoms with Gasteiger partial charge in [-0.25, -0.2) is 0 Å². The number of rotatable bonds is 6. The van der Waals surface area contributed by atoms with Crippen LogP contribution in [0.15, 0.2) is 27.6 Å². The Labute approximate surface area is 113 Å². The molecule has 18 heavy (non-hydrogen) atoms. The molecule has 0 amide bonds. The molecule has 1 rings (SSSR count). The molecule has 0 fully saturated rings. The summed E-state index contributed by atoms with van der Waals surface area (Å²) in [5, 5.41) is 0. The summed E-state index contributed by atoms with van der Waals surface area (Å²) < 4.78 is 6.43. The maximum Gasteiger partial charge on any atom is 0.306 e. The van der Waals surface area contributed by atoms with Crippen LogP contribution in [0.2, 0.25) is 0 Å². The van der Waals surface area contributed by atoms with E-state index in [0.717, 1.165) is 0 Å². The summed E-state index contributed by atoms with van der Waals surface area (Å²) in [5.41, 5.74) is -0.262. The van der Waals surface area contributed by atoms with Crippen LogP contribution in [-0.2, 0) is 20.9 Å². The quantitative estimate of drug-likeness (QED) is 0.747. The standard InChI is InChI=1S/C12H14BrNO4/c1-2-18-11(16)6-5-9(15)8-14-7-3-4-10(13)12(14)17/h3-4,7H,2,5-6,8H2,1H3. The van der Waals surface area contributed by atoms with E-state index < -0.39 is 5.97 Å². The Morgan fingerprint density at radius 2 is 2.11 bits per heavy atom. The van der Waals surface area contributed by atoms with Gasteiger partial charge in [-0.15, -0.1) is 0 Å². The highest BCUT2D eigenvalue weighted by molar-refractivity contribution is 9.10. The van der Waals surface area contributed by atoms with Gasteiger partial charge < -0.3 is 9.30 Å². The molecule has 0 aliphatic rings. The summed E-state index contributed by atoms with van der Waals surface area (Å²) in [5.74, 6) is -0.573. The van der Waals surface area contributed by atoms with Crippen molar-refractivity contribution in [3.8, 4) is 0 Å². The van der Waals surface area contributed by atoms with Crippen LogP contribution in [0.25, 0.3) is 0 Å². The van der Waals surface area contributed by atoms with Crippen LogP contribution >= 0.6 is 15.9 Å². The second-order valence-corrected chi connectivity index (χ2v) is 4.49. The summed E-state index contributed by atoms with van der Waals surface area (Å²) in [6, 6.07) is 3.28. The van der Waals surface area contributed by atoms with Crippen molar-refractivity contribution in [1.82, 2.24) is 4.57 Å². The van der Waals surface area contributed by atoms with E-state index in [1.807, 2.05) is 0 Å². The molecule has 0 spiro atoms. The molecule has 0 saturated heterocycles. The van der Waals surface area contributed by atoms with Crippen molar-refractivity contribution in [2.45, 2.75) is 26.3 Å². The lowest BCUT2D eigenvalue weighted by atomic mass is 10.2. The van der Waals surface area contributed by atoms with Gasteiger partial charge in [0.1, 0.15) is 0 Å². The van der Waals surface area contributed by atoms with Crippen LogP contribution in [-0.4, -0.2) is 22.9 Å². The van der Waals surface area contributed by atoms with Gasteiger partial charge in [-0.1, -0.05) is 0 Å². The number of halogens is 1. The number of carbonyl (C=O) groups is 2. The van der Waals surface area contributed by atoms with E-state index in [1.165, 1.54) is 10.8 Å². The zero-order chi connectivity index (χ0) is 13.5. The fraction of sp³-hybridized carbons (Fsp3) is 0.417. The number of hydrogen-bond donors (Lipinski definition) is 0. The lowest BCUT2D eigenvalue weighted by molar-refractivity contribution is -0.144. The monoisotopic (exact) mass is 315 g/mol. The maximum absolute atomic E-state index is 11.6. The van der Waals surface area contributed by atoms with E-state index >= 15 is 0 Å². The first-order valence-electron chi connectivity index (χ1n) is 5.57. The van der Waals surface area contributed by atoms with Crippen molar-refractivity contribution in [3.63, 3.8) is 0 Å². The number of ether oxygens (including phenoxy) is 1. The summed E-state index contributed by atoms with van der Waals surface area (Å²) in [6.07, 6.45) is 1.67. The molecule has 0 N–H and O–H groups in total. The number of nitrogens with zero attached hydrogens (tertiary/aromatic N) is 1. The number of aromatic nitrogens is 1. The molecule has 0 bridgehead atoms. The third-order valence-electron chi connectivity index (χ3n) is 2.23. The van der Waals surface area contributed by atoms with E-state index in [1.54, 1.807) is 19.1 Å². The molecule has 1 aromatic heterocycles. The number of pyridine rings is 1. The first kappa shape index (κ1) is 14.6.